The monoisotopic (exact) mass is 642 g/mol. The zero-order chi connectivity index (χ0) is 34.4. The summed E-state index contributed by atoms with van der Waals surface area (Å²) in [5, 5.41) is 47.0. The normalized spacial score (nSPS) is 33.9. The van der Waals surface area contributed by atoms with Gasteiger partial charge in [0.2, 0.25) is 0 Å². The van der Waals surface area contributed by atoms with E-state index in [4.69, 9.17) is 14.2 Å². The van der Waals surface area contributed by atoms with Gasteiger partial charge in [0, 0.05) is 36.5 Å². The molecule has 1 aliphatic heterocycles. The lowest BCUT2D eigenvalue weighted by Crippen LogP contribution is -2.75. The van der Waals surface area contributed by atoms with Crippen molar-refractivity contribution in [2.75, 3.05) is 6.61 Å². The number of rotatable bonds is 10. The van der Waals surface area contributed by atoms with Gasteiger partial charge in [-0.15, -0.1) is 0 Å². The van der Waals surface area contributed by atoms with E-state index >= 15 is 0 Å². The molecule has 2 fully saturated rings. The Hall–Kier alpha value is -2.89. The van der Waals surface area contributed by atoms with Gasteiger partial charge in [-0.05, 0) is 51.3 Å². The molecule has 4 N–H and O–H groups in total. The molecule has 1 aromatic carbocycles. The van der Waals surface area contributed by atoms with Crippen LogP contribution in [0, 0.1) is 23.2 Å². The van der Waals surface area contributed by atoms with Crippen molar-refractivity contribution in [2.45, 2.75) is 116 Å². The number of Topliss-reactive ketones (excluding diaryl/α,β-unsaturated/α-hetero) is 1. The van der Waals surface area contributed by atoms with Crippen LogP contribution in [0.3, 0.4) is 0 Å². The molecule has 10 nitrogen and oxygen atoms in total. The Labute approximate surface area is 271 Å². The highest BCUT2D eigenvalue weighted by Crippen LogP contribution is 2.57. The number of ether oxygens (including phenoxy) is 3. The minimum atomic E-state index is -2.03. The number of allylic oxidation sites excluding steroid dienone is 1. The molecular weight excluding hydrogens is 592 g/mol. The van der Waals surface area contributed by atoms with Crippen LogP contribution in [-0.2, 0) is 23.8 Å². The van der Waals surface area contributed by atoms with Crippen molar-refractivity contribution in [3.05, 3.63) is 58.7 Å². The molecule has 0 spiro atoms. The molecule has 0 aromatic heterocycles. The number of hydrogen-bond donors (Lipinski definition) is 4. The smallest absolute Gasteiger partial charge is 0.338 e. The molecule has 1 saturated heterocycles. The summed E-state index contributed by atoms with van der Waals surface area (Å²) in [5.41, 5.74) is -2.64. The number of aliphatic hydroxyl groups excluding tert-OH is 2. The molecule has 1 heterocycles. The van der Waals surface area contributed by atoms with Gasteiger partial charge in [-0.1, -0.05) is 63.1 Å². The maximum absolute atomic E-state index is 13.7. The second-order valence-corrected chi connectivity index (χ2v) is 14.4. The summed E-state index contributed by atoms with van der Waals surface area (Å²) in [6, 6.07) is 8.25. The molecule has 46 heavy (non-hydrogen) atoms. The fourth-order valence-corrected chi connectivity index (χ4v) is 7.74. The van der Waals surface area contributed by atoms with Crippen LogP contribution in [0.4, 0.5) is 0 Å². The molecule has 4 rings (SSSR count). The minimum Gasteiger partial charge on any atom is -0.456 e. The number of benzene rings is 1. The number of aliphatic hydroxyl groups is 4. The van der Waals surface area contributed by atoms with Gasteiger partial charge in [-0.3, -0.25) is 4.79 Å². The number of esters is 2. The second kappa shape index (κ2) is 13.3. The van der Waals surface area contributed by atoms with Crippen molar-refractivity contribution in [3.63, 3.8) is 0 Å². The van der Waals surface area contributed by atoms with E-state index < -0.39 is 76.8 Å². The van der Waals surface area contributed by atoms with Crippen LogP contribution < -0.4 is 0 Å². The van der Waals surface area contributed by atoms with Crippen molar-refractivity contribution < 1.29 is 49.0 Å². The van der Waals surface area contributed by atoms with Crippen LogP contribution in [0.2, 0.25) is 0 Å². The fraction of sp³-hybridized carbons (Fsp3) is 0.639. The van der Waals surface area contributed by atoms with Gasteiger partial charge in [0.05, 0.1) is 24.4 Å². The van der Waals surface area contributed by atoms with Crippen molar-refractivity contribution in [1.29, 1.82) is 0 Å². The highest BCUT2D eigenvalue weighted by atomic mass is 16.6. The highest BCUT2D eigenvalue weighted by molar-refractivity contribution is 5.89. The van der Waals surface area contributed by atoms with Crippen LogP contribution in [0.15, 0.2) is 53.1 Å². The lowest BCUT2D eigenvalue weighted by atomic mass is 9.52. The van der Waals surface area contributed by atoms with Crippen LogP contribution in [0.25, 0.3) is 0 Å². The van der Waals surface area contributed by atoms with Crippen LogP contribution in [0.5, 0.6) is 0 Å². The average molecular weight is 643 g/mol. The van der Waals surface area contributed by atoms with Crippen LogP contribution in [-0.4, -0.2) is 86.5 Å². The number of carbonyl (C=O) groups is 3. The minimum absolute atomic E-state index is 0.0792. The maximum Gasteiger partial charge on any atom is 0.338 e. The van der Waals surface area contributed by atoms with E-state index in [2.05, 4.69) is 0 Å². The number of fused-ring (bicyclic) bond motifs is 1. The van der Waals surface area contributed by atoms with Gasteiger partial charge in [-0.25, -0.2) is 9.59 Å². The lowest BCUT2D eigenvalue weighted by molar-refractivity contribution is -0.328. The van der Waals surface area contributed by atoms with Crippen molar-refractivity contribution in [2.24, 2.45) is 23.2 Å². The molecule has 254 valence electrons. The summed E-state index contributed by atoms with van der Waals surface area (Å²) in [6.45, 7) is 13.7. The topological polar surface area (TPSA) is 160 Å². The summed E-state index contributed by atoms with van der Waals surface area (Å²) in [5.74, 6) is -4.03. The Bertz CT molecular complexity index is 1380. The lowest BCUT2D eigenvalue weighted by Gasteiger charge is -2.62. The Morgan fingerprint density at radius 3 is 2.28 bits per heavy atom. The third-order valence-electron chi connectivity index (χ3n) is 10.6. The molecular formula is C36H50O10. The molecule has 2 aliphatic carbocycles. The third-order valence-corrected chi connectivity index (χ3v) is 10.6. The number of ketones is 1. The summed E-state index contributed by atoms with van der Waals surface area (Å²) in [4.78, 5) is 39.7. The molecule has 10 unspecified atom stereocenters. The predicted molar refractivity (Wildman–Crippen MR) is 169 cm³/mol. The number of carbonyl (C=O) groups excluding carboxylic acids is 3. The Kier molecular flexibility index (Phi) is 10.4. The van der Waals surface area contributed by atoms with E-state index in [0.29, 0.717) is 11.1 Å². The first-order valence-electron chi connectivity index (χ1n) is 16.1. The van der Waals surface area contributed by atoms with Crippen molar-refractivity contribution >= 4 is 17.7 Å². The first-order valence-corrected chi connectivity index (χ1v) is 16.1. The van der Waals surface area contributed by atoms with Gasteiger partial charge in [0.25, 0.3) is 0 Å². The molecule has 0 radical (unpaired) electrons. The van der Waals surface area contributed by atoms with Crippen molar-refractivity contribution in [1.82, 2.24) is 0 Å². The summed E-state index contributed by atoms with van der Waals surface area (Å²) >= 11 is 0. The number of hydrogen-bond acceptors (Lipinski definition) is 10. The summed E-state index contributed by atoms with van der Waals surface area (Å²) in [7, 11) is 0. The Morgan fingerprint density at radius 2 is 1.74 bits per heavy atom. The Balaban J connectivity index is 1.86. The molecule has 1 aromatic rings. The van der Waals surface area contributed by atoms with Gasteiger partial charge in [0.1, 0.15) is 29.2 Å². The zero-order valence-electron chi connectivity index (χ0n) is 28.1. The fourth-order valence-electron chi connectivity index (χ4n) is 7.74. The van der Waals surface area contributed by atoms with Gasteiger partial charge in [-0.2, -0.15) is 0 Å². The summed E-state index contributed by atoms with van der Waals surface area (Å²) in [6.07, 6.45) is -4.13. The van der Waals surface area contributed by atoms with Crippen LogP contribution in [0.1, 0.15) is 85.0 Å². The molecule has 10 atom stereocenters. The van der Waals surface area contributed by atoms with E-state index in [1.807, 2.05) is 13.8 Å². The molecule has 10 heteroatoms. The first-order chi connectivity index (χ1) is 21.3. The first kappa shape index (κ1) is 36.0. The molecule has 0 bridgehead atoms. The predicted octanol–water partition coefficient (Wildman–Crippen LogP) is 3.69. The van der Waals surface area contributed by atoms with Gasteiger partial charge in [0.15, 0.2) is 6.10 Å². The molecule has 3 aliphatic rings. The quantitative estimate of drug-likeness (QED) is 0.219. The Morgan fingerprint density at radius 1 is 1.11 bits per heavy atom. The molecule has 1 saturated carbocycles. The van der Waals surface area contributed by atoms with E-state index in [1.165, 1.54) is 6.92 Å². The summed E-state index contributed by atoms with van der Waals surface area (Å²) < 4.78 is 17.8. The van der Waals surface area contributed by atoms with E-state index in [-0.39, 0.29) is 37.2 Å². The SMILES string of the molecule is CC(=O)CC1=C(C)C(OC(=O)C(O)C(C)C=C(C)C)CC(O)(C(OC(=O)c2ccccc2)C2C(C)C(O)CC3OCC32O)C1(C)C. The maximum atomic E-state index is 13.7. The molecule has 0 amide bonds. The van der Waals surface area contributed by atoms with Crippen molar-refractivity contribution in [3.8, 4) is 0 Å². The van der Waals surface area contributed by atoms with Gasteiger partial charge < -0.3 is 34.6 Å². The highest BCUT2D eigenvalue weighted by Gasteiger charge is 2.68. The van der Waals surface area contributed by atoms with Crippen LogP contribution >= 0.6 is 0 Å². The van der Waals surface area contributed by atoms with E-state index in [9.17, 15) is 34.8 Å². The van der Waals surface area contributed by atoms with Gasteiger partial charge >= 0.3 is 11.9 Å². The largest absolute Gasteiger partial charge is 0.456 e. The average Bonchev–Trinajstić information content (AvgIpc) is 2.98. The van der Waals surface area contributed by atoms with E-state index in [1.54, 1.807) is 71.0 Å². The standard InChI is InChI=1S/C36H50O10/c1-19(2)14-20(3)30(39)33(41)45-27-17-36(43,34(7,8)25(22(27)5)15-21(4)37)31(46-32(40)24-12-10-9-11-13-24)29-23(6)26(38)16-28-35(29,42)18-44-28/h9-14,20,23,26-31,38-39,42-43H,15-18H2,1-8H3. The third kappa shape index (κ3) is 6.47. The zero-order valence-corrected chi connectivity index (χ0v) is 28.1. The second-order valence-electron chi connectivity index (χ2n) is 14.4. The van der Waals surface area contributed by atoms with E-state index in [0.717, 1.165) is 5.57 Å².